The Balaban J connectivity index is 3.15. The quantitative estimate of drug-likeness (QED) is 0.774. The fourth-order valence-electron chi connectivity index (χ4n) is 1.59. The molecule has 0 atom stereocenters. The SMILES string of the molecule is CCCCN(C)c1ccc(N)cc1S(N)(=O)=O. The fourth-order valence-corrected chi connectivity index (χ4v) is 2.41. The summed E-state index contributed by atoms with van der Waals surface area (Å²) in [5.74, 6) is 0. The number of hydrogen-bond donors (Lipinski definition) is 2. The smallest absolute Gasteiger partial charge is 0.240 e. The Bertz CT molecular complexity index is 485. The van der Waals surface area contributed by atoms with Crippen molar-refractivity contribution < 1.29 is 8.42 Å². The highest BCUT2D eigenvalue weighted by Gasteiger charge is 2.16. The fraction of sp³-hybridized carbons (Fsp3) is 0.455. The molecule has 4 N–H and O–H groups in total. The number of nitrogen functional groups attached to an aromatic ring is 1. The van der Waals surface area contributed by atoms with Crippen molar-refractivity contribution in [1.29, 1.82) is 0 Å². The second-order valence-corrected chi connectivity index (χ2v) is 5.58. The molecule has 0 unspecified atom stereocenters. The van der Waals surface area contributed by atoms with Crippen LogP contribution < -0.4 is 15.8 Å². The van der Waals surface area contributed by atoms with Crippen LogP contribution in [0.4, 0.5) is 11.4 Å². The van der Waals surface area contributed by atoms with Crippen LogP contribution >= 0.6 is 0 Å². The third-order valence-corrected chi connectivity index (χ3v) is 3.49. The van der Waals surface area contributed by atoms with Crippen LogP contribution in [-0.2, 0) is 10.0 Å². The molecule has 0 aliphatic heterocycles. The van der Waals surface area contributed by atoms with Crippen molar-refractivity contribution in [1.82, 2.24) is 0 Å². The Kier molecular flexibility index (Phi) is 4.36. The molecule has 0 amide bonds. The van der Waals surface area contributed by atoms with Crippen LogP contribution in [0.25, 0.3) is 0 Å². The number of benzene rings is 1. The van der Waals surface area contributed by atoms with E-state index in [0.29, 0.717) is 11.4 Å². The van der Waals surface area contributed by atoms with Crippen LogP contribution in [0.5, 0.6) is 0 Å². The maximum Gasteiger partial charge on any atom is 0.240 e. The standard InChI is InChI=1S/C11H19N3O2S/c1-3-4-7-14(2)10-6-5-9(12)8-11(10)17(13,15)16/h5-6,8H,3-4,7,12H2,1-2H3,(H2,13,15,16). The average molecular weight is 257 g/mol. The molecule has 6 heteroatoms. The highest BCUT2D eigenvalue weighted by atomic mass is 32.2. The van der Waals surface area contributed by atoms with Gasteiger partial charge in [0, 0.05) is 19.3 Å². The first-order valence-corrected chi connectivity index (χ1v) is 7.04. The third kappa shape index (κ3) is 3.61. The van der Waals surface area contributed by atoms with Gasteiger partial charge in [-0.2, -0.15) is 0 Å². The Morgan fingerprint density at radius 2 is 2.00 bits per heavy atom. The lowest BCUT2D eigenvalue weighted by molar-refractivity contribution is 0.597. The molecule has 0 aliphatic carbocycles. The third-order valence-electron chi connectivity index (χ3n) is 2.55. The monoisotopic (exact) mass is 257 g/mol. The maximum absolute atomic E-state index is 11.5. The minimum Gasteiger partial charge on any atom is -0.399 e. The molecule has 0 saturated carbocycles. The summed E-state index contributed by atoms with van der Waals surface area (Å²) >= 11 is 0. The maximum atomic E-state index is 11.5. The topological polar surface area (TPSA) is 89.4 Å². The van der Waals surface area contributed by atoms with Crippen molar-refractivity contribution in [3.63, 3.8) is 0 Å². The van der Waals surface area contributed by atoms with Gasteiger partial charge < -0.3 is 10.6 Å². The molecule has 1 aromatic rings. The number of primary sulfonamides is 1. The van der Waals surface area contributed by atoms with Gasteiger partial charge in [0.05, 0.1) is 5.69 Å². The summed E-state index contributed by atoms with van der Waals surface area (Å²) in [6.45, 7) is 2.86. The molecule has 0 bridgehead atoms. The van der Waals surface area contributed by atoms with Crippen LogP contribution in [0.1, 0.15) is 19.8 Å². The number of hydrogen-bond acceptors (Lipinski definition) is 4. The number of nitrogens with two attached hydrogens (primary N) is 2. The molecule has 0 spiro atoms. The van der Waals surface area contributed by atoms with Crippen molar-refractivity contribution in [3.05, 3.63) is 18.2 Å². The summed E-state index contributed by atoms with van der Waals surface area (Å²) in [6.07, 6.45) is 2.04. The van der Waals surface area contributed by atoms with Crippen LogP contribution in [-0.4, -0.2) is 22.0 Å². The average Bonchev–Trinajstić information content (AvgIpc) is 2.24. The number of rotatable bonds is 5. The normalized spacial score (nSPS) is 11.5. The van der Waals surface area contributed by atoms with Crippen molar-refractivity contribution in [2.75, 3.05) is 24.2 Å². The minimum absolute atomic E-state index is 0.0797. The number of sulfonamides is 1. The minimum atomic E-state index is -3.75. The van der Waals surface area contributed by atoms with Crippen LogP contribution in [0, 0.1) is 0 Å². The van der Waals surface area contributed by atoms with Crippen LogP contribution in [0.3, 0.4) is 0 Å². The van der Waals surface area contributed by atoms with Crippen molar-refractivity contribution >= 4 is 21.4 Å². The van der Waals surface area contributed by atoms with Gasteiger partial charge in [-0.25, -0.2) is 13.6 Å². The van der Waals surface area contributed by atoms with Crippen LogP contribution in [0.2, 0.25) is 0 Å². The molecular formula is C11H19N3O2S. The van der Waals surface area contributed by atoms with Gasteiger partial charge in [0.1, 0.15) is 4.90 Å². The Labute approximate surface area is 102 Å². The molecule has 17 heavy (non-hydrogen) atoms. The van der Waals surface area contributed by atoms with Gasteiger partial charge in [-0.05, 0) is 24.6 Å². The van der Waals surface area contributed by atoms with E-state index in [1.165, 1.54) is 6.07 Å². The Morgan fingerprint density at radius 3 is 2.53 bits per heavy atom. The Hall–Kier alpha value is -1.27. The lowest BCUT2D eigenvalue weighted by atomic mass is 10.2. The zero-order chi connectivity index (χ0) is 13.1. The molecule has 0 fully saturated rings. The van der Waals surface area contributed by atoms with E-state index in [2.05, 4.69) is 6.92 Å². The lowest BCUT2D eigenvalue weighted by Gasteiger charge is -2.21. The lowest BCUT2D eigenvalue weighted by Crippen LogP contribution is -2.23. The first kappa shape index (κ1) is 13.8. The molecule has 1 aromatic carbocycles. The van der Waals surface area contributed by atoms with E-state index in [9.17, 15) is 8.42 Å². The van der Waals surface area contributed by atoms with Crippen molar-refractivity contribution in [2.45, 2.75) is 24.7 Å². The summed E-state index contributed by atoms with van der Waals surface area (Å²) in [4.78, 5) is 1.96. The second kappa shape index (κ2) is 5.37. The highest BCUT2D eigenvalue weighted by Crippen LogP contribution is 2.25. The van der Waals surface area contributed by atoms with E-state index in [-0.39, 0.29) is 4.90 Å². The predicted octanol–water partition coefficient (Wildman–Crippen LogP) is 1.15. The van der Waals surface area contributed by atoms with E-state index in [4.69, 9.17) is 10.9 Å². The van der Waals surface area contributed by atoms with E-state index in [1.54, 1.807) is 12.1 Å². The first-order valence-electron chi connectivity index (χ1n) is 5.49. The molecule has 0 saturated heterocycles. The zero-order valence-corrected chi connectivity index (χ0v) is 11.0. The van der Waals surface area contributed by atoms with Gasteiger partial charge >= 0.3 is 0 Å². The molecule has 1 rings (SSSR count). The van der Waals surface area contributed by atoms with E-state index in [1.807, 2.05) is 11.9 Å². The molecule has 96 valence electrons. The van der Waals surface area contributed by atoms with Crippen molar-refractivity contribution in [3.8, 4) is 0 Å². The summed E-state index contributed by atoms with van der Waals surface area (Å²) in [7, 11) is -1.90. The second-order valence-electron chi connectivity index (χ2n) is 4.05. The highest BCUT2D eigenvalue weighted by molar-refractivity contribution is 7.89. The van der Waals surface area contributed by atoms with E-state index >= 15 is 0 Å². The summed E-state index contributed by atoms with van der Waals surface area (Å²) in [5, 5.41) is 5.18. The molecule has 0 aromatic heterocycles. The van der Waals surface area contributed by atoms with Gasteiger partial charge in [0.15, 0.2) is 0 Å². The van der Waals surface area contributed by atoms with Crippen molar-refractivity contribution in [2.24, 2.45) is 5.14 Å². The first-order chi connectivity index (χ1) is 7.86. The summed E-state index contributed by atoms with van der Waals surface area (Å²) < 4.78 is 23.0. The van der Waals surface area contributed by atoms with E-state index < -0.39 is 10.0 Å². The molecular weight excluding hydrogens is 238 g/mol. The number of nitrogens with zero attached hydrogens (tertiary/aromatic N) is 1. The largest absolute Gasteiger partial charge is 0.399 e. The van der Waals surface area contributed by atoms with Gasteiger partial charge in [0.2, 0.25) is 10.0 Å². The Morgan fingerprint density at radius 1 is 1.35 bits per heavy atom. The van der Waals surface area contributed by atoms with Crippen LogP contribution in [0.15, 0.2) is 23.1 Å². The molecule has 5 nitrogen and oxygen atoms in total. The summed E-state index contributed by atoms with van der Waals surface area (Å²) in [6, 6.07) is 4.75. The number of unbranched alkanes of at least 4 members (excludes halogenated alkanes) is 1. The van der Waals surface area contributed by atoms with Gasteiger partial charge in [-0.1, -0.05) is 13.3 Å². The van der Waals surface area contributed by atoms with Gasteiger partial charge in [0.25, 0.3) is 0 Å². The zero-order valence-electron chi connectivity index (χ0n) is 10.2. The summed E-state index contributed by atoms with van der Waals surface area (Å²) in [5.41, 5.74) is 6.57. The molecule has 0 heterocycles. The predicted molar refractivity (Wildman–Crippen MR) is 70.4 cm³/mol. The molecule has 0 radical (unpaired) electrons. The van der Waals surface area contributed by atoms with Gasteiger partial charge in [-0.15, -0.1) is 0 Å². The van der Waals surface area contributed by atoms with Gasteiger partial charge in [-0.3, -0.25) is 0 Å². The molecule has 0 aliphatic rings. The van der Waals surface area contributed by atoms with E-state index in [0.717, 1.165) is 19.4 Å². The number of anilines is 2.